The van der Waals surface area contributed by atoms with Crippen LogP contribution in [0.4, 0.5) is 5.69 Å². The molecule has 0 unspecified atom stereocenters. The number of anilines is 1. The van der Waals surface area contributed by atoms with Crippen LogP contribution in [-0.2, 0) is 4.79 Å². The van der Waals surface area contributed by atoms with E-state index in [0.717, 1.165) is 0 Å². The van der Waals surface area contributed by atoms with Crippen LogP contribution in [0.5, 0.6) is 0 Å². The van der Waals surface area contributed by atoms with Crippen molar-refractivity contribution >= 4 is 35.0 Å². The van der Waals surface area contributed by atoms with Crippen molar-refractivity contribution in [2.75, 3.05) is 26.0 Å². The Hall–Kier alpha value is -2.86. The highest BCUT2D eigenvalue weighted by molar-refractivity contribution is 6.30. The van der Waals surface area contributed by atoms with Crippen LogP contribution in [0.2, 0.25) is 5.02 Å². The minimum atomic E-state index is -0.442. The fraction of sp³-hybridized carbons (Fsp3) is 0.167. The predicted octanol–water partition coefficient (Wildman–Crippen LogP) is 2.41. The minimum absolute atomic E-state index is 0.120. The Morgan fingerprint density at radius 2 is 1.60 bits per heavy atom. The molecule has 25 heavy (non-hydrogen) atoms. The second-order valence-corrected chi connectivity index (χ2v) is 5.91. The van der Waals surface area contributed by atoms with Crippen molar-refractivity contribution in [2.24, 2.45) is 0 Å². The average molecular weight is 360 g/mol. The molecular weight excluding hydrogens is 342 g/mol. The molecule has 2 rings (SSSR count). The van der Waals surface area contributed by atoms with Crippen molar-refractivity contribution in [3.63, 3.8) is 0 Å². The predicted molar refractivity (Wildman–Crippen MR) is 96.9 cm³/mol. The highest BCUT2D eigenvalue weighted by Crippen LogP contribution is 2.17. The number of nitrogens with one attached hydrogen (secondary N) is 2. The molecule has 7 heteroatoms. The Labute approximate surface area is 150 Å². The first kappa shape index (κ1) is 18.5. The molecule has 0 heterocycles. The first-order chi connectivity index (χ1) is 11.9. The average Bonchev–Trinajstić information content (AvgIpc) is 2.60. The van der Waals surface area contributed by atoms with Crippen LogP contribution in [0.25, 0.3) is 0 Å². The first-order valence-electron chi connectivity index (χ1n) is 7.53. The Balaban J connectivity index is 2.12. The van der Waals surface area contributed by atoms with Crippen LogP contribution in [0, 0.1) is 0 Å². The molecule has 0 aliphatic rings. The molecule has 0 spiro atoms. The summed E-state index contributed by atoms with van der Waals surface area (Å²) in [5, 5.41) is 5.77. The summed E-state index contributed by atoms with van der Waals surface area (Å²) >= 11 is 5.81. The normalized spacial score (nSPS) is 10.0. The molecule has 2 aromatic carbocycles. The molecular formula is C18H18ClN3O3. The molecule has 2 aromatic rings. The van der Waals surface area contributed by atoms with Gasteiger partial charge in [0.1, 0.15) is 0 Å². The van der Waals surface area contributed by atoms with Gasteiger partial charge >= 0.3 is 0 Å². The number of hydrogen-bond acceptors (Lipinski definition) is 3. The Bertz CT molecular complexity index is 788. The molecule has 0 aliphatic carbocycles. The van der Waals surface area contributed by atoms with E-state index >= 15 is 0 Å². The number of amides is 3. The lowest BCUT2D eigenvalue weighted by molar-refractivity contribution is -0.127. The van der Waals surface area contributed by atoms with E-state index in [1.54, 1.807) is 62.6 Å². The Kier molecular flexibility index (Phi) is 6.14. The van der Waals surface area contributed by atoms with E-state index in [1.165, 1.54) is 4.90 Å². The number of rotatable bonds is 5. The van der Waals surface area contributed by atoms with E-state index in [4.69, 9.17) is 11.6 Å². The van der Waals surface area contributed by atoms with Gasteiger partial charge in [-0.1, -0.05) is 23.7 Å². The van der Waals surface area contributed by atoms with Gasteiger partial charge in [-0.2, -0.15) is 0 Å². The molecule has 2 N–H and O–H groups in total. The SMILES string of the molecule is CN(C)C(=O)CNC(=O)c1ccccc1NC(=O)c1ccc(Cl)cc1. The summed E-state index contributed by atoms with van der Waals surface area (Å²) in [6.45, 7) is -0.120. The van der Waals surface area contributed by atoms with Gasteiger partial charge in [0, 0.05) is 24.7 Å². The number of benzene rings is 2. The zero-order chi connectivity index (χ0) is 18.4. The number of likely N-dealkylation sites (N-methyl/N-ethyl adjacent to an activating group) is 1. The molecule has 0 atom stereocenters. The summed E-state index contributed by atoms with van der Waals surface area (Å²) in [5.41, 5.74) is 1.05. The van der Waals surface area contributed by atoms with Crippen molar-refractivity contribution in [3.05, 3.63) is 64.7 Å². The van der Waals surface area contributed by atoms with Gasteiger partial charge in [0.2, 0.25) is 5.91 Å². The van der Waals surface area contributed by atoms with Crippen LogP contribution in [-0.4, -0.2) is 43.3 Å². The fourth-order valence-corrected chi connectivity index (χ4v) is 2.12. The van der Waals surface area contributed by atoms with Gasteiger partial charge in [-0.15, -0.1) is 0 Å². The number of para-hydroxylation sites is 1. The molecule has 3 amide bonds. The van der Waals surface area contributed by atoms with Crippen molar-refractivity contribution in [1.29, 1.82) is 0 Å². The highest BCUT2D eigenvalue weighted by atomic mass is 35.5. The number of carbonyl (C=O) groups excluding carboxylic acids is 3. The first-order valence-corrected chi connectivity index (χ1v) is 7.90. The summed E-state index contributed by atoms with van der Waals surface area (Å²) in [6, 6.07) is 13.0. The standard InChI is InChI=1S/C18H18ClN3O3/c1-22(2)16(23)11-20-18(25)14-5-3-4-6-15(14)21-17(24)12-7-9-13(19)10-8-12/h3-10H,11H2,1-2H3,(H,20,25)(H,21,24). The third-order valence-corrected chi connectivity index (χ3v) is 3.68. The molecule has 130 valence electrons. The second kappa shape index (κ2) is 8.30. The summed E-state index contributed by atoms with van der Waals surface area (Å²) in [5.74, 6) is -1.03. The van der Waals surface area contributed by atoms with E-state index in [2.05, 4.69) is 10.6 Å². The largest absolute Gasteiger partial charge is 0.347 e. The lowest BCUT2D eigenvalue weighted by atomic mass is 10.1. The van der Waals surface area contributed by atoms with Crippen LogP contribution in [0.1, 0.15) is 20.7 Å². The number of halogens is 1. The molecule has 0 bridgehead atoms. The summed E-state index contributed by atoms with van der Waals surface area (Å²) in [6.07, 6.45) is 0. The van der Waals surface area contributed by atoms with Crippen molar-refractivity contribution < 1.29 is 14.4 Å². The molecule has 0 aromatic heterocycles. The van der Waals surface area contributed by atoms with Gasteiger partial charge in [0.25, 0.3) is 11.8 Å². The maximum atomic E-state index is 12.3. The monoisotopic (exact) mass is 359 g/mol. The second-order valence-electron chi connectivity index (χ2n) is 5.48. The third kappa shape index (κ3) is 5.06. The molecule has 0 saturated heterocycles. The van der Waals surface area contributed by atoms with Crippen molar-refractivity contribution in [3.8, 4) is 0 Å². The topological polar surface area (TPSA) is 78.5 Å². The van der Waals surface area contributed by atoms with Gasteiger partial charge in [0.15, 0.2) is 0 Å². The molecule has 0 saturated carbocycles. The number of carbonyl (C=O) groups is 3. The summed E-state index contributed by atoms with van der Waals surface area (Å²) in [4.78, 5) is 37.6. The minimum Gasteiger partial charge on any atom is -0.347 e. The van der Waals surface area contributed by atoms with E-state index in [0.29, 0.717) is 16.3 Å². The van der Waals surface area contributed by atoms with E-state index in [9.17, 15) is 14.4 Å². The van der Waals surface area contributed by atoms with Crippen LogP contribution < -0.4 is 10.6 Å². The number of nitrogens with zero attached hydrogens (tertiary/aromatic N) is 1. The van der Waals surface area contributed by atoms with E-state index < -0.39 is 5.91 Å². The quantitative estimate of drug-likeness (QED) is 0.860. The maximum Gasteiger partial charge on any atom is 0.255 e. The smallest absolute Gasteiger partial charge is 0.255 e. The Morgan fingerprint density at radius 3 is 2.24 bits per heavy atom. The van der Waals surface area contributed by atoms with Crippen LogP contribution in [0.15, 0.2) is 48.5 Å². The summed E-state index contributed by atoms with van der Waals surface area (Å²) < 4.78 is 0. The zero-order valence-corrected chi connectivity index (χ0v) is 14.6. The molecule has 0 fully saturated rings. The Morgan fingerprint density at radius 1 is 0.960 bits per heavy atom. The lowest BCUT2D eigenvalue weighted by Crippen LogP contribution is -2.36. The van der Waals surface area contributed by atoms with Crippen molar-refractivity contribution in [1.82, 2.24) is 10.2 Å². The number of hydrogen-bond donors (Lipinski definition) is 2. The van der Waals surface area contributed by atoms with Crippen LogP contribution in [0.3, 0.4) is 0 Å². The van der Waals surface area contributed by atoms with E-state index in [-0.39, 0.29) is 23.9 Å². The van der Waals surface area contributed by atoms with Gasteiger partial charge < -0.3 is 15.5 Å². The van der Waals surface area contributed by atoms with Gasteiger partial charge in [-0.3, -0.25) is 14.4 Å². The maximum absolute atomic E-state index is 12.3. The zero-order valence-electron chi connectivity index (χ0n) is 13.9. The van der Waals surface area contributed by atoms with Crippen LogP contribution >= 0.6 is 11.6 Å². The highest BCUT2D eigenvalue weighted by Gasteiger charge is 2.15. The third-order valence-electron chi connectivity index (χ3n) is 3.43. The molecule has 0 radical (unpaired) electrons. The molecule has 0 aliphatic heterocycles. The van der Waals surface area contributed by atoms with Gasteiger partial charge in [0.05, 0.1) is 17.8 Å². The van der Waals surface area contributed by atoms with Gasteiger partial charge in [-0.25, -0.2) is 0 Å². The van der Waals surface area contributed by atoms with Gasteiger partial charge in [-0.05, 0) is 36.4 Å². The summed E-state index contributed by atoms with van der Waals surface area (Å²) in [7, 11) is 3.21. The fourth-order valence-electron chi connectivity index (χ4n) is 2.00. The van der Waals surface area contributed by atoms with E-state index in [1.807, 2.05) is 0 Å². The lowest BCUT2D eigenvalue weighted by Gasteiger charge is -2.13. The molecule has 6 nitrogen and oxygen atoms in total. The van der Waals surface area contributed by atoms with Crippen molar-refractivity contribution in [2.45, 2.75) is 0 Å².